The minimum Gasteiger partial charge on any atom is -0.465 e. The number of piperazine rings is 3. The maximum atomic E-state index is 13.2. The lowest BCUT2D eigenvalue weighted by Crippen LogP contribution is -2.44. The molecule has 0 radical (unpaired) electrons. The van der Waals surface area contributed by atoms with Gasteiger partial charge in [-0.2, -0.15) is 15.0 Å². The SMILES string of the molecule is COC(=O)c1ccc(Cn2c(N3CCNCC3)nc3c2c(=O)n(C)c(=O)n3C)cc1.Cn1c(=O)c2c(nc(N3CCNCC3)n2Cc2ccc(C(C)(C)C)cc2)n(C)c1=O.Cn1c(=O)c2c(nc(N3CCNCC3)n2Cc2ccccc2-c2ccccc2)n(C)c1=O. The van der Waals surface area contributed by atoms with E-state index in [-0.39, 0.29) is 33.5 Å². The third-order valence-corrected chi connectivity index (χ3v) is 17.5. The normalized spacial score (nSPS) is 14.6. The van der Waals surface area contributed by atoms with Crippen molar-refractivity contribution < 1.29 is 9.53 Å². The van der Waals surface area contributed by atoms with Gasteiger partial charge in [0.15, 0.2) is 33.5 Å². The molecule has 92 heavy (non-hydrogen) atoms. The van der Waals surface area contributed by atoms with Gasteiger partial charge in [0.2, 0.25) is 17.8 Å². The summed E-state index contributed by atoms with van der Waals surface area (Å²) in [6, 6.07) is 34.0. The fourth-order valence-corrected chi connectivity index (χ4v) is 12.1. The second-order valence-corrected chi connectivity index (χ2v) is 24.5. The van der Waals surface area contributed by atoms with Gasteiger partial charge in [-0.15, -0.1) is 0 Å². The lowest BCUT2D eigenvalue weighted by atomic mass is 9.87. The summed E-state index contributed by atoms with van der Waals surface area (Å²) in [6.45, 7) is 17.7. The summed E-state index contributed by atoms with van der Waals surface area (Å²) in [5.74, 6) is 1.72. The van der Waals surface area contributed by atoms with Crippen LogP contribution in [-0.2, 0) is 72.1 Å². The molecule has 3 fully saturated rings. The van der Waals surface area contributed by atoms with E-state index in [0.29, 0.717) is 64.6 Å². The highest BCUT2D eigenvalue weighted by molar-refractivity contribution is 5.89. The maximum Gasteiger partial charge on any atom is 0.337 e. The highest BCUT2D eigenvalue weighted by atomic mass is 16.5. The van der Waals surface area contributed by atoms with Crippen LogP contribution in [0.3, 0.4) is 0 Å². The van der Waals surface area contributed by atoms with E-state index in [1.807, 2.05) is 56.2 Å². The number of hydrogen-bond acceptors (Lipinski definition) is 17. The number of hydrogen-bond donors (Lipinski definition) is 3. The quantitative estimate of drug-likeness (QED) is 0.157. The molecule has 0 saturated carbocycles. The van der Waals surface area contributed by atoms with Gasteiger partial charge in [-0.25, -0.2) is 19.2 Å². The summed E-state index contributed by atoms with van der Waals surface area (Å²) < 4.78 is 18.3. The van der Waals surface area contributed by atoms with Crippen molar-refractivity contribution in [2.24, 2.45) is 42.3 Å². The molecule has 0 aliphatic carbocycles. The number of fused-ring (bicyclic) bond motifs is 3. The molecular formula is C66H80N18O8. The van der Waals surface area contributed by atoms with Gasteiger partial charge in [0.25, 0.3) is 16.7 Å². The number of aromatic nitrogens is 12. The molecular weight excluding hydrogens is 1170 g/mol. The molecule has 3 N–H and O–H groups in total. The van der Waals surface area contributed by atoms with Crippen LogP contribution in [0.1, 0.15) is 53.4 Å². The van der Waals surface area contributed by atoms with Gasteiger partial charge in [-0.3, -0.25) is 55.5 Å². The molecule has 3 aliphatic heterocycles. The van der Waals surface area contributed by atoms with Crippen LogP contribution >= 0.6 is 0 Å². The number of carbonyl (C=O) groups excluding carboxylic acids is 1. The molecule has 26 heteroatoms. The summed E-state index contributed by atoms with van der Waals surface area (Å²) in [6.07, 6.45) is 0. The van der Waals surface area contributed by atoms with Crippen molar-refractivity contribution in [3.63, 3.8) is 0 Å². The topological polar surface area (TPSA) is 258 Å². The Labute approximate surface area is 529 Å². The minimum atomic E-state index is -0.411. The first kappa shape index (κ1) is 63.6. The number of anilines is 3. The standard InChI is InChI=1S/C24H26N6O2.C22H30N6O2.C20H24N6O4/c1-27-21-20(22(31)28(2)24(27)32)30(23(26-21)29-14-12-25-13-15-29)16-18-10-6-7-11-19(18)17-8-4-3-5-9-17;1-22(2,3)16-8-6-15(7-9-16)14-28-17-18(25(4)21(30)26(5)19(17)29)24-20(28)27-12-10-23-11-13-27;1-23-16-15(17(27)24(2)20(23)29)26(19(22-16)25-10-8-21-9-11-25)12-13-4-6-14(7-5-13)18(28)30-3/h3-11,25H,12-16H2,1-2H3;6-9,23H,10-14H2,1-5H3;4-7,21H,8-12H2,1-3H3. The zero-order valence-electron chi connectivity index (χ0n) is 53.9. The maximum absolute atomic E-state index is 13.2. The Bertz CT molecular complexity index is 4750. The van der Waals surface area contributed by atoms with Crippen molar-refractivity contribution in [2.75, 3.05) is 100 Å². The predicted octanol–water partition coefficient (Wildman–Crippen LogP) is 2.43. The zero-order chi connectivity index (χ0) is 65.3. The van der Waals surface area contributed by atoms with E-state index in [1.54, 1.807) is 33.3 Å². The van der Waals surface area contributed by atoms with Crippen molar-refractivity contribution in [1.29, 1.82) is 0 Å². The van der Waals surface area contributed by atoms with Crippen LogP contribution in [0.5, 0.6) is 0 Å². The van der Waals surface area contributed by atoms with Crippen LogP contribution in [0, 0.1) is 0 Å². The number of carbonyl (C=O) groups is 1. The van der Waals surface area contributed by atoms with Crippen molar-refractivity contribution in [2.45, 2.75) is 45.8 Å². The van der Waals surface area contributed by atoms with Gasteiger partial charge in [-0.1, -0.05) is 112 Å². The van der Waals surface area contributed by atoms with Gasteiger partial charge >= 0.3 is 23.0 Å². The van der Waals surface area contributed by atoms with Crippen LogP contribution in [-0.4, -0.2) is 148 Å². The third kappa shape index (κ3) is 12.4. The van der Waals surface area contributed by atoms with E-state index in [0.717, 1.165) is 132 Å². The molecule has 482 valence electrons. The Morgan fingerprint density at radius 2 is 0.793 bits per heavy atom. The van der Waals surface area contributed by atoms with E-state index in [2.05, 4.69) is 100.0 Å². The largest absolute Gasteiger partial charge is 0.465 e. The molecule has 3 saturated heterocycles. The van der Waals surface area contributed by atoms with E-state index in [1.165, 1.54) is 47.5 Å². The van der Waals surface area contributed by atoms with Gasteiger partial charge < -0.3 is 35.4 Å². The average Bonchev–Trinajstić information content (AvgIpc) is 1.62. The molecule has 4 aromatic carbocycles. The molecule has 0 bridgehead atoms. The number of methoxy groups -OCH3 is 1. The number of rotatable bonds is 11. The number of nitrogens with zero attached hydrogens (tertiary/aromatic N) is 15. The molecule has 0 atom stereocenters. The van der Waals surface area contributed by atoms with Gasteiger partial charge in [0, 0.05) is 121 Å². The van der Waals surface area contributed by atoms with Gasteiger partial charge in [0.05, 0.1) is 32.3 Å². The predicted molar refractivity (Wildman–Crippen MR) is 358 cm³/mol. The van der Waals surface area contributed by atoms with Gasteiger partial charge in [0.1, 0.15) is 0 Å². The Kier molecular flexibility index (Phi) is 18.3. The van der Waals surface area contributed by atoms with Crippen molar-refractivity contribution in [1.82, 2.24) is 72.0 Å². The highest BCUT2D eigenvalue weighted by Gasteiger charge is 2.28. The molecule has 3 aliphatic rings. The second-order valence-electron chi connectivity index (χ2n) is 24.5. The number of ether oxygens (including phenoxy) is 1. The minimum absolute atomic E-state index is 0.0837. The van der Waals surface area contributed by atoms with E-state index < -0.39 is 11.7 Å². The third-order valence-electron chi connectivity index (χ3n) is 17.5. The molecule has 0 amide bonds. The highest BCUT2D eigenvalue weighted by Crippen LogP contribution is 2.30. The molecule has 0 unspecified atom stereocenters. The fourth-order valence-electron chi connectivity index (χ4n) is 12.1. The molecule has 13 rings (SSSR count). The Balaban J connectivity index is 0.000000141. The molecule has 26 nitrogen and oxygen atoms in total. The van der Waals surface area contributed by atoms with Crippen molar-refractivity contribution in [3.8, 4) is 11.1 Å². The Morgan fingerprint density at radius 1 is 0.446 bits per heavy atom. The molecule has 6 aromatic heterocycles. The average molecular weight is 1250 g/mol. The first-order valence-electron chi connectivity index (χ1n) is 30.9. The summed E-state index contributed by atoms with van der Waals surface area (Å²) in [4.78, 5) is 109. The summed E-state index contributed by atoms with van der Waals surface area (Å²) in [7, 11) is 10.8. The van der Waals surface area contributed by atoms with Crippen LogP contribution in [0.15, 0.2) is 132 Å². The second kappa shape index (κ2) is 26.5. The van der Waals surface area contributed by atoms with E-state index in [4.69, 9.17) is 19.7 Å². The molecule has 9 heterocycles. The number of nitrogens with one attached hydrogen (secondary N) is 3. The Hall–Kier alpha value is -9.92. The summed E-state index contributed by atoms with van der Waals surface area (Å²) in [5, 5.41) is 10.0. The van der Waals surface area contributed by atoms with E-state index >= 15 is 0 Å². The number of esters is 1. The zero-order valence-corrected chi connectivity index (χ0v) is 53.9. The first-order chi connectivity index (χ1) is 44.2. The van der Waals surface area contributed by atoms with Crippen LogP contribution in [0.25, 0.3) is 44.6 Å². The monoisotopic (exact) mass is 1250 g/mol. The lowest BCUT2D eigenvalue weighted by molar-refractivity contribution is 0.0600. The van der Waals surface area contributed by atoms with Gasteiger partial charge in [-0.05, 0) is 50.9 Å². The molecule has 0 spiro atoms. The number of aryl methyl sites for hydroxylation is 3. The van der Waals surface area contributed by atoms with Crippen LogP contribution in [0.4, 0.5) is 17.8 Å². The lowest BCUT2D eigenvalue weighted by Gasteiger charge is -2.29. The number of imidazole rings is 3. The molecule has 10 aromatic rings. The number of benzene rings is 4. The smallest absolute Gasteiger partial charge is 0.337 e. The summed E-state index contributed by atoms with van der Waals surface area (Å²) in [5.41, 5.74) is 7.47. The van der Waals surface area contributed by atoms with Crippen molar-refractivity contribution >= 4 is 57.3 Å². The Morgan fingerprint density at radius 3 is 1.16 bits per heavy atom. The van der Waals surface area contributed by atoms with Crippen LogP contribution < -0.4 is 64.4 Å². The summed E-state index contributed by atoms with van der Waals surface area (Å²) >= 11 is 0. The van der Waals surface area contributed by atoms with E-state index in [9.17, 15) is 33.6 Å². The fraction of sp³-hybridized carbons (Fsp3) is 0.394. The van der Waals surface area contributed by atoms with Crippen molar-refractivity contribution in [3.05, 3.63) is 193 Å². The first-order valence-corrected chi connectivity index (χ1v) is 30.9. The van der Waals surface area contributed by atoms with Crippen LogP contribution in [0.2, 0.25) is 0 Å².